The van der Waals surface area contributed by atoms with Crippen LogP contribution >= 0.6 is 0 Å². The second-order valence-corrected chi connectivity index (χ2v) is 4.75. The summed E-state index contributed by atoms with van der Waals surface area (Å²) < 4.78 is 1.81. The SMILES string of the molecule is CCC(C)Cc1c(-c2cnc(O)c(O)n2)cnn1C. The van der Waals surface area contributed by atoms with Crippen LogP contribution in [-0.2, 0) is 13.5 Å². The first kappa shape index (κ1) is 13.3. The first-order valence-corrected chi connectivity index (χ1v) is 6.29. The average molecular weight is 262 g/mol. The second-order valence-electron chi connectivity index (χ2n) is 4.75. The predicted octanol–water partition coefficient (Wildman–Crippen LogP) is 1.88. The molecule has 0 aliphatic heterocycles. The zero-order chi connectivity index (χ0) is 14.0. The summed E-state index contributed by atoms with van der Waals surface area (Å²) in [6, 6.07) is 0. The van der Waals surface area contributed by atoms with Crippen LogP contribution in [0.25, 0.3) is 11.3 Å². The first-order valence-electron chi connectivity index (χ1n) is 6.29. The molecule has 0 aliphatic rings. The van der Waals surface area contributed by atoms with Gasteiger partial charge < -0.3 is 10.2 Å². The highest BCUT2D eigenvalue weighted by Gasteiger charge is 2.16. The summed E-state index contributed by atoms with van der Waals surface area (Å²) in [4.78, 5) is 7.65. The van der Waals surface area contributed by atoms with E-state index in [0.29, 0.717) is 11.6 Å². The fourth-order valence-corrected chi connectivity index (χ4v) is 1.90. The lowest BCUT2D eigenvalue weighted by molar-refractivity contribution is 0.375. The normalized spacial score (nSPS) is 12.6. The Hall–Kier alpha value is -2.11. The van der Waals surface area contributed by atoms with Crippen molar-refractivity contribution in [2.24, 2.45) is 13.0 Å². The Bertz CT molecular complexity index is 580. The van der Waals surface area contributed by atoms with E-state index in [9.17, 15) is 10.2 Å². The number of hydrogen-bond donors (Lipinski definition) is 2. The minimum absolute atomic E-state index is 0.462. The van der Waals surface area contributed by atoms with E-state index in [4.69, 9.17) is 0 Å². The summed E-state index contributed by atoms with van der Waals surface area (Å²) in [5.74, 6) is -0.389. The number of nitrogens with zero attached hydrogens (tertiary/aromatic N) is 4. The lowest BCUT2D eigenvalue weighted by Gasteiger charge is -2.11. The van der Waals surface area contributed by atoms with Crippen LogP contribution in [-0.4, -0.2) is 30.0 Å². The molecule has 2 N–H and O–H groups in total. The van der Waals surface area contributed by atoms with Crippen molar-refractivity contribution in [1.82, 2.24) is 19.7 Å². The summed E-state index contributed by atoms with van der Waals surface area (Å²) in [5.41, 5.74) is 2.40. The number of aromatic nitrogens is 4. The Balaban J connectivity index is 2.41. The third-order valence-corrected chi connectivity index (χ3v) is 3.31. The van der Waals surface area contributed by atoms with Crippen molar-refractivity contribution in [3.63, 3.8) is 0 Å². The van der Waals surface area contributed by atoms with Gasteiger partial charge in [0, 0.05) is 18.3 Å². The maximum atomic E-state index is 9.44. The first-order chi connectivity index (χ1) is 9.02. The molecule has 0 spiro atoms. The topological polar surface area (TPSA) is 84.1 Å². The zero-order valence-corrected chi connectivity index (χ0v) is 11.3. The summed E-state index contributed by atoms with van der Waals surface area (Å²) >= 11 is 0. The van der Waals surface area contributed by atoms with Crippen LogP contribution in [0.1, 0.15) is 26.0 Å². The predicted molar refractivity (Wildman–Crippen MR) is 70.7 cm³/mol. The zero-order valence-electron chi connectivity index (χ0n) is 11.3. The van der Waals surface area contributed by atoms with Crippen molar-refractivity contribution in [3.05, 3.63) is 18.1 Å². The Morgan fingerprint density at radius 3 is 2.63 bits per heavy atom. The number of aromatic hydroxyl groups is 2. The summed E-state index contributed by atoms with van der Waals surface area (Å²) in [6.45, 7) is 4.32. The Labute approximate surface area is 111 Å². The van der Waals surface area contributed by atoms with Crippen LogP contribution in [0, 0.1) is 5.92 Å². The van der Waals surface area contributed by atoms with Gasteiger partial charge in [-0.2, -0.15) is 5.10 Å². The molecule has 0 fully saturated rings. The van der Waals surface area contributed by atoms with Gasteiger partial charge in [-0.15, -0.1) is 0 Å². The highest BCUT2D eigenvalue weighted by molar-refractivity contribution is 5.61. The average Bonchev–Trinajstić information content (AvgIpc) is 2.74. The summed E-state index contributed by atoms with van der Waals surface area (Å²) in [7, 11) is 1.88. The highest BCUT2D eigenvalue weighted by Crippen LogP contribution is 2.27. The van der Waals surface area contributed by atoms with Gasteiger partial charge in [-0.3, -0.25) is 4.68 Å². The molecule has 1 unspecified atom stereocenters. The molecule has 6 nitrogen and oxygen atoms in total. The molecule has 0 aromatic carbocycles. The molecule has 6 heteroatoms. The minimum Gasteiger partial charge on any atom is -0.489 e. The van der Waals surface area contributed by atoms with Crippen molar-refractivity contribution in [2.45, 2.75) is 26.7 Å². The van der Waals surface area contributed by atoms with Gasteiger partial charge in [-0.05, 0) is 12.3 Å². The van der Waals surface area contributed by atoms with Gasteiger partial charge in [0.25, 0.3) is 11.8 Å². The lowest BCUT2D eigenvalue weighted by atomic mass is 9.99. The van der Waals surface area contributed by atoms with Crippen LogP contribution in [0.5, 0.6) is 11.8 Å². The van der Waals surface area contributed by atoms with E-state index >= 15 is 0 Å². The van der Waals surface area contributed by atoms with E-state index in [1.165, 1.54) is 6.20 Å². The van der Waals surface area contributed by atoms with Crippen molar-refractivity contribution >= 4 is 0 Å². The van der Waals surface area contributed by atoms with Crippen LogP contribution in [0.15, 0.2) is 12.4 Å². The molecule has 0 amide bonds. The van der Waals surface area contributed by atoms with Crippen molar-refractivity contribution in [3.8, 4) is 23.0 Å². The molecule has 0 radical (unpaired) electrons. The fourth-order valence-electron chi connectivity index (χ4n) is 1.90. The molecule has 2 heterocycles. The standard InChI is InChI=1S/C13H18N4O2/c1-4-8(2)5-11-9(6-15-17(11)3)10-7-14-12(18)13(19)16-10/h6-8H,4-5H2,1-3H3,(H,14,18)(H,16,19). The molecule has 0 saturated heterocycles. The van der Waals surface area contributed by atoms with Crippen molar-refractivity contribution < 1.29 is 10.2 Å². The molecule has 102 valence electrons. The van der Waals surface area contributed by atoms with Gasteiger partial charge in [-0.25, -0.2) is 9.97 Å². The second kappa shape index (κ2) is 5.26. The monoisotopic (exact) mass is 262 g/mol. The van der Waals surface area contributed by atoms with Crippen molar-refractivity contribution in [1.29, 1.82) is 0 Å². The molecule has 2 aromatic heterocycles. The molecule has 0 aliphatic carbocycles. The third-order valence-electron chi connectivity index (χ3n) is 3.31. The molecular formula is C13H18N4O2. The molecule has 2 rings (SSSR count). The molecule has 19 heavy (non-hydrogen) atoms. The molecular weight excluding hydrogens is 244 g/mol. The number of aryl methyl sites for hydroxylation is 1. The molecule has 1 atom stereocenters. The Kier molecular flexibility index (Phi) is 3.69. The quantitative estimate of drug-likeness (QED) is 0.878. The maximum Gasteiger partial charge on any atom is 0.276 e. The van der Waals surface area contributed by atoms with Gasteiger partial charge >= 0.3 is 0 Å². The van der Waals surface area contributed by atoms with E-state index in [2.05, 4.69) is 28.9 Å². The van der Waals surface area contributed by atoms with E-state index in [-0.39, 0.29) is 0 Å². The van der Waals surface area contributed by atoms with Crippen molar-refractivity contribution in [2.75, 3.05) is 0 Å². The number of hydrogen-bond acceptors (Lipinski definition) is 5. The fraction of sp³-hybridized carbons (Fsp3) is 0.462. The number of rotatable bonds is 4. The molecule has 2 aromatic rings. The van der Waals surface area contributed by atoms with E-state index in [0.717, 1.165) is 24.1 Å². The van der Waals surface area contributed by atoms with Crippen LogP contribution in [0.4, 0.5) is 0 Å². The van der Waals surface area contributed by atoms with Gasteiger partial charge in [0.1, 0.15) is 0 Å². The van der Waals surface area contributed by atoms with Crippen LogP contribution in [0.3, 0.4) is 0 Å². The van der Waals surface area contributed by atoms with Crippen LogP contribution < -0.4 is 0 Å². The summed E-state index contributed by atoms with van der Waals surface area (Å²) in [6.07, 6.45) is 5.10. The molecule has 0 saturated carbocycles. The van der Waals surface area contributed by atoms with E-state index < -0.39 is 11.8 Å². The third kappa shape index (κ3) is 2.67. The van der Waals surface area contributed by atoms with Gasteiger partial charge in [0.2, 0.25) is 0 Å². The van der Waals surface area contributed by atoms with Gasteiger partial charge in [0.05, 0.1) is 18.1 Å². The smallest absolute Gasteiger partial charge is 0.276 e. The summed E-state index contributed by atoms with van der Waals surface area (Å²) in [5, 5.41) is 22.9. The lowest BCUT2D eigenvalue weighted by Crippen LogP contribution is -2.06. The maximum absolute atomic E-state index is 9.44. The Morgan fingerprint density at radius 1 is 1.26 bits per heavy atom. The largest absolute Gasteiger partial charge is 0.489 e. The van der Waals surface area contributed by atoms with Gasteiger partial charge in [-0.1, -0.05) is 20.3 Å². The Morgan fingerprint density at radius 2 is 2.00 bits per heavy atom. The van der Waals surface area contributed by atoms with E-state index in [1.807, 2.05) is 11.7 Å². The van der Waals surface area contributed by atoms with Crippen LogP contribution in [0.2, 0.25) is 0 Å². The van der Waals surface area contributed by atoms with E-state index in [1.54, 1.807) is 6.20 Å². The van der Waals surface area contributed by atoms with Gasteiger partial charge in [0.15, 0.2) is 0 Å². The highest BCUT2D eigenvalue weighted by atomic mass is 16.3. The molecule has 0 bridgehead atoms. The minimum atomic E-state index is -0.462.